The average molecular weight is 312 g/mol. The number of carbonyl (C=O) groups excluding carboxylic acids is 1. The molecule has 7 heteroatoms. The lowest BCUT2D eigenvalue weighted by molar-refractivity contribution is 0.0712. The molecule has 6 nitrogen and oxygen atoms in total. The van der Waals surface area contributed by atoms with E-state index >= 15 is 0 Å². The molecule has 21 heavy (non-hydrogen) atoms. The van der Waals surface area contributed by atoms with Crippen LogP contribution in [0, 0.1) is 0 Å². The molecule has 1 heterocycles. The summed E-state index contributed by atoms with van der Waals surface area (Å²) in [5.41, 5.74) is 0.426. The minimum atomic E-state index is -3.48. The molecule has 1 amide bonds. The maximum Gasteiger partial charge on any atom is 0.251 e. The van der Waals surface area contributed by atoms with Crippen molar-refractivity contribution in [1.82, 2.24) is 10.0 Å². The summed E-state index contributed by atoms with van der Waals surface area (Å²) in [4.78, 5) is 12.2. The van der Waals surface area contributed by atoms with Crippen molar-refractivity contribution in [3.63, 3.8) is 0 Å². The topological polar surface area (TPSA) is 84.5 Å². The first-order chi connectivity index (χ1) is 9.94. The maximum atomic E-state index is 12.1. The number of nitrogens with one attached hydrogen (secondary N) is 2. The van der Waals surface area contributed by atoms with E-state index in [0.717, 1.165) is 19.4 Å². The van der Waals surface area contributed by atoms with Gasteiger partial charge in [0.15, 0.2) is 0 Å². The maximum absolute atomic E-state index is 12.1. The van der Waals surface area contributed by atoms with Crippen molar-refractivity contribution in [3.05, 3.63) is 29.8 Å². The lowest BCUT2D eigenvalue weighted by atomic mass is 10.1. The van der Waals surface area contributed by atoms with Gasteiger partial charge in [-0.1, -0.05) is 0 Å². The molecule has 1 aliphatic heterocycles. The molecule has 1 aliphatic rings. The minimum Gasteiger partial charge on any atom is -0.376 e. The highest BCUT2D eigenvalue weighted by Gasteiger charge is 2.24. The van der Waals surface area contributed by atoms with E-state index in [1.807, 2.05) is 6.92 Å². The zero-order valence-corrected chi connectivity index (χ0v) is 12.9. The Morgan fingerprint density at radius 2 is 2.00 bits per heavy atom. The molecule has 1 aromatic carbocycles. The van der Waals surface area contributed by atoms with Gasteiger partial charge in [0, 0.05) is 12.2 Å². The molecule has 0 spiro atoms. The molecule has 1 aromatic rings. The molecule has 0 bridgehead atoms. The molecule has 0 aliphatic carbocycles. The smallest absolute Gasteiger partial charge is 0.251 e. The summed E-state index contributed by atoms with van der Waals surface area (Å²) in [6.07, 6.45) is 2.01. The van der Waals surface area contributed by atoms with Crippen LogP contribution in [0.3, 0.4) is 0 Å². The zero-order chi connectivity index (χ0) is 15.5. The predicted octanol–water partition coefficient (Wildman–Crippen LogP) is 0.892. The van der Waals surface area contributed by atoms with Crippen molar-refractivity contribution in [2.45, 2.75) is 36.8 Å². The second-order valence-corrected chi connectivity index (χ2v) is 6.93. The highest BCUT2D eigenvalue weighted by molar-refractivity contribution is 7.89. The molecular formula is C14H20N2O4S. The fraction of sp³-hybridized carbons (Fsp3) is 0.500. The van der Waals surface area contributed by atoms with Crippen LogP contribution in [0.25, 0.3) is 0 Å². The van der Waals surface area contributed by atoms with Crippen molar-refractivity contribution >= 4 is 15.9 Å². The summed E-state index contributed by atoms with van der Waals surface area (Å²) in [5, 5.41) is 2.88. The van der Waals surface area contributed by atoms with Gasteiger partial charge >= 0.3 is 0 Å². The average Bonchev–Trinajstić information content (AvgIpc) is 3.01. The molecule has 2 rings (SSSR count). The van der Waals surface area contributed by atoms with Crippen LogP contribution in [-0.4, -0.2) is 40.1 Å². The van der Waals surface area contributed by atoms with Gasteiger partial charge in [0.25, 0.3) is 5.91 Å². The SMILES string of the molecule is CNS(=O)(=O)c1ccc(C(=O)N[C@@H](C)[C@H]2CCCO2)cc1. The first kappa shape index (κ1) is 15.9. The third kappa shape index (κ3) is 3.81. The van der Waals surface area contributed by atoms with Gasteiger partial charge in [-0.3, -0.25) is 4.79 Å². The summed E-state index contributed by atoms with van der Waals surface area (Å²) in [6, 6.07) is 5.76. The Labute approximate surface area is 124 Å². The van der Waals surface area contributed by atoms with Gasteiger partial charge in [-0.25, -0.2) is 13.1 Å². The standard InChI is InChI=1S/C14H20N2O4S/c1-10(13-4-3-9-20-13)16-14(17)11-5-7-12(8-6-11)21(18,19)15-2/h5-8,10,13,15H,3-4,9H2,1-2H3,(H,16,17)/t10-,13+/m0/s1. The van der Waals surface area contributed by atoms with Gasteiger partial charge in [-0.15, -0.1) is 0 Å². The number of amides is 1. The summed E-state index contributed by atoms with van der Waals surface area (Å²) in [5.74, 6) is -0.230. The number of rotatable bonds is 5. The van der Waals surface area contributed by atoms with Gasteiger partial charge < -0.3 is 10.1 Å². The normalized spacial score (nSPS) is 20.2. The van der Waals surface area contributed by atoms with Crippen LogP contribution in [0.1, 0.15) is 30.1 Å². The van der Waals surface area contributed by atoms with Crippen LogP contribution in [0.4, 0.5) is 0 Å². The second-order valence-electron chi connectivity index (χ2n) is 5.05. The lowest BCUT2D eigenvalue weighted by Gasteiger charge is -2.20. The van der Waals surface area contributed by atoms with Crippen molar-refractivity contribution in [3.8, 4) is 0 Å². The Morgan fingerprint density at radius 3 is 2.52 bits per heavy atom. The number of carbonyl (C=O) groups is 1. The Hall–Kier alpha value is -1.44. The van der Waals surface area contributed by atoms with Crippen molar-refractivity contribution in [2.24, 2.45) is 0 Å². The van der Waals surface area contributed by atoms with Crippen LogP contribution in [0.15, 0.2) is 29.2 Å². The van der Waals surface area contributed by atoms with Gasteiger partial charge in [0.2, 0.25) is 10.0 Å². The van der Waals surface area contributed by atoms with E-state index in [1.54, 1.807) is 0 Å². The number of benzene rings is 1. The highest BCUT2D eigenvalue weighted by atomic mass is 32.2. The molecule has 1 fully saturated rings. The lowest BCUT2D eigenvalue weighted by Crippen LogP contribution is -2.40. The molecule has 0 radical (unpaired) electrons. The minimum absolute atomic E-state index is 0.0536. The van der Waals surface area contributed by atoms with Gasteiger partial charge in [0.1, 0.15) is 0 Å². The predicted molar refractivity (Wildman–Crippen MR) is 78.6 cm³/mol. The molecule has 1 saturated heterocycles. The molecule has 2 N–H and O–H groups in total. The van der Waals surface area contributed by atoms with E-state index < -0.39 is 10.0 Å². The van der Waals surface area contributed by atoms with Crippen molar-refractivity contribution in [1.29, 1.82) is 0 Å². The first-order valence-corrected chi connectivity index (χ1v) is 8.38. The van der Waals surface area contributed by atoms with Gasteiger partial charge in [-0.05, 0) is 51.1 Å². The van der Waals surface area contributed by atoms with E-state index in [2.05, 4.69) is 10.0 Å². The number of sulfonamides is 1. The molecule has 0 aromatic heterocycles. The van der Waals surface area contributed by atoms with E-state index in [1.165, 1.54) is 31.3 Å². The largest absolute Gasteiger partial charge is 0.376 e. The second kappa shape index (κ2) is 6.55. The highest BCUT2D eigenvalue weighted by Crippen LogP contribution is 2.16. The Bertz CT molecular complexity index is 592. The summed E-state index contributed by atoms with van der Waals surface area (Å²) in [6.45, 7) is 2.65. The fourth-order valence-corrected chi connectivity index (χ4v) is 3.01. The van der Waals surface area contributed by atoms with Crippen molar-refractivity contribution < 1.29 is 17.9 Å². The fourth-order valence-electron chi connectivity index (χ4n) is 2.28. The summed E-state index contributed by atoms with van der Waals surface area (Å²) < 4.78 is 31.0. The summed E-state index contributed by atoms with van der Waals surface area (Å²) >= 11 is 0. The Balaban J connectivity index is 2.03. The molecule has 116 valence electrons. The van der Waals surface area contributed by atoms with Crippen LogP contribution in [0.2, 0.25) is 0 Å². The van der Waals surface area contributed by atoms with Gasteiger partial charge in [0.05, 0.1) is 17.0 Å². The van der Waals surface area contributed by atoms with Crippen LogP contribution in [0.5, 0.6) is 0 Å². The van der Waals surface area contributed by atoms with E-state index in [-0.39, 0.29) is 22.9 Å². The zero-order valence-electron chi connectivity index (χ0n) is 12.1. The quantitative estimate of drug-likeness (QED) is 0.846. The monoisotopic (exact) mass is 312 g/mol. The van der Waals surface area contributed by atoms with Crippen molar-refractivity contribution in [2.75, 3.05) is 13.7 Å². The molecular weight excluding hydrogens is 292 g/mol. The summed E-state index contributed by atoms with van der Waals surface area (Å²) in [7, 11) is -2.13. The number of hydrogen-bond acceptors (Lipinski definition) is 4. The first-order valence-electron chi connectivity index (χ1n) is 6.90. The third-order valence-electron chi connectivity index (χ3n) is 3.58. The van der Waals surface area contributed by atoms with E-state index in [9.17, 15) is 13.2 Å². The Morgan fingerprint density at radius 1 is 1.33 bits per heavy atom. The third-order valence-corrected chi connectivity index (χ3v) is 5.01. The van der Waals surface area contributed by atoms with Gasteiger partial charge in [-0.2, -0.15) is 0 Å². The van der Waals surface area contributed by atoms with Crippen LogP contribution >= 0.6 is 0 Å². The van der Waals surface area contributed by atoms with E-state index in [0.29, 0.717) is 5.56 Å². The number of hydrogen-bond donors (Lipinski definition) is 2. The molecule has 2 atom stereocenters. The Kier molecular flexibility index (Phi) is 4.97. The van der Waals surface area contributed by atoms with Crippen LogP contribution in [-0.2, 0) is 14.8 Å². The van der Waals surface area contributed by atoms with Crippen LogP contribution < -0.4 is 10.0 Å². The van der Waals surface area contributed by atoms with E-state index in [4.69, 9.17) is 4.74 Å². The molecule has 0 saturated carbocycles. The molecule has 0 unspecified atom stereocenters. The number of ether oxygens (including phenoxy) is 1.